The molecule has 2 N–H and O–H groups in total. The topological polar surface area (TPSA) is 86.1 Å². The van der Waals surface area contributed by atoms with Crippen LogP contribution in [0.15, 0.2) is 24.4 Å². The summed E-state index contributed by atoms with van der Waals surface area (Å²) in [6.07, 6.45) is 3.25. The van der Waals surface area contributed by atoms with Crippen LogP contribution in [-0.2, 0) is 0 Å². The number of rotatable bonds is 2. The average molecular weight is 284 g/mol. The van der Waals surface area contributed by atoms with E-state index in [0.717, 1.165) is 29.9 Å². The summed E-state index contributed by atoms with van der Waals surface area (Å²) in [6, 6.07) is 7.76. The van der Waals surface area contributed by atoms with E-state index in [2.05, 4.69) is 11.2 Å². The Kier molecular flexibility index (Phi) is 3.40. The summed E-state index contributed by atoms with van der Waals surface area (Å²) in [5.41, 5.74) is 7.43. The quantitative estimate of drug-likeness (QED) is 0.912. The second kappa shape index (κ2) is 5.37. The van der Waals surface area contributed by atoms with E-state index in [0.29, 0.717) is 18.0 Å². The van der Waals surface area contributed by atoms with E-state index in [1.54, 1.807) is 11.8 Å². The van der Waals surface area contributed by atoms with E-state index in [9.17, 15) is 0 Å². The minimum absolute atomic E-state index is 0.0319. The lowest BCUT2D eigenvalue weighted by molar-refractivity contribution is 0.312. The van der Waals surface area contributed by atoms with E-state index in [-0.39, 0.29) is 6.04 Å². The highest BCUT2D eigenvalue weighted by Gasteiger charge is 2.24. The number of anilines is 1. The van der Waals surface area contributed by atoms with Crippen molar-refractivity contribution < 1.29 is 9.47 Å². The maximum Gasteiger partial charge on any atom is 0.140 e. The molecule has 0 saturated heterocycles. The number of hydrogen-bond donors (Lipinski definition) is 1. The number of benzene rings is 1. The summed E-state index contributed by atoms with van der Waals surface area (Å²) in [6.45, 7) is 0.642. The Labute approximate surface area is 122 Å². The first-order valence-electron chi connectivity index (χ1n) is 6.78. The summed E-state index contributed by atoms with van der Waals surface area (Å²) >= 11 is 0. The number of nitrogens with two attached hydrogens (primary N) is 1. The molecule has 108 valence electrons. The SMILES string of the molecule is COc1ccc2c(c1)OCCCC2n1ncc(C#N)c1N. The summed E-state index contributed by atoms with van der Waals surface area (Å²) < 4.78 is 12.7. The van der Waals surface area contributed by atoms with Crippen LogP contribution in [-0.4, -0.2) is 23.5 Å². The highest BCUT2D eigenvalue weighted by atomic mass is 16.5. The Bertz CT molecular complexity index is 702. The van der Waals surface area contributed by atoms with Gasteiger partial charge in [-0.15, -0.1) is 0 Å². The minimum atomic E-state index is -0.0319. The van der Waals surface area contributed by atoms with Crippen LogP contribution in [0.1, 0.15) is 30.0 Å². The average Bonchev–Trinajstić information content (AvgIpc) is 2.76. The van der Waals surface area contributed by atoms with Crippen LogP contribution in [0.5, 0.6) is 11.5 Å². The fraction of sp³-hybridized carbons (Fsp3) is 0.333. The van der Waals surface area contributed by atoms with E-state index in [4.69, 9.17) is 20.5 Å². The fourth-order valence-electron chi connectivity index (χ4n) is 2.62. The smallest absolute Gasteiger partial charge is 0.140 e. The molecular formula is C15H16N4O2. The third-order valence-electron chi connectivity index (χ3n) is 3.71. The first-order valence-corrected chi connectivity index (χ1v) is 6.78. The third kappa shape index (κ3) is 2.27. The van der Waals surface area contributed by atoms with E-state index >= 15 is 0 Å². The molecule has 0 radical (unpaired) electrons. The molecule has 1 aromatic carbocycles. The number of nitrogen functional groups attached to an aromatic ring is 1. The lowest BCUT2D eigenvalue weighted by Gasteiger charge is -2.19. The van der Waals surface area contributed by atoms with Crippen molar-refractivity contribution in [1.29, 1.82) is 5.26 Å². The molecule has 21 heavy (non-hydrogen) atoms. The predicted octanol–water partition coefficient (Wildman–Crippen LogP) is 2.11. The van der Waals surface area contributed by atoms with E-state index in [1.165, 1.54) is 6.20 Å². The zero-order valence-electron chi connectivity index (χ0n) is 11.7. The van der Waals surface area contributed by atoms with Crippen molar-refractivity contribution in [3.05, 3.63) is 35.5 Å². The number of nitriles is 1. The summed E-state index contributed by atoms with van der Waals surface area (Å²) in [7, 11) is 1.63. The molecule has 1 unspecified atom stereocenters. The summed E-state index contributed by atoms with van der Waals surface area (Å²) in [4.78, 5) is 0. The van der Waals surface area contributed by atoms with Crippen LogP contribution in [0.4, 0.5) is 5.82 Å². The molecule has 0 aliphatic carbocycles. The monoisotopic (exact) mass is 284 g/mol. The van der Waals surface area contributed by atoms with Crippen molar-refractivity contribution in [3.63, 3.8) is 0 Å². The molecule has 1 atom stereocenters. The van der Waals surface area contributed by atoms with Gasteiger partial charge in [0.15, 0.2) is 0 Å². The fourth-order valence-corrected chi connectivity index (χ4v) is 2.62. The molecule has 6 nitrogen and oxygen atoms in total. The Morgan fingerprint density at radius 3 is 3.10 bits per heavy atom. The van der Waals surface area contributed by atoms with Crippen LogP contribution in [0.25, 0.3) is 0 Å². The maximum atomic E-state index is 9.02. The molecule has 0 bridgehead atoms. The number of methoxy groups -OCH3 is 1. The molecule has 2 aromatic rings. The van der Waals surface area contributed by atoms with Crippen molar-refractivity contribution >= 4 is 5.82 Å². The van der Waals surface area contributed by atoms with Crippen molar-refractivity contribution in [1.82, 2.24) is 9.78 Å². The van der Waals surface area contributed by atoms with Gasteiger partial charge in [0.25, 0.3) is 0 Å². The lowest BCUT2D eigenvalue weighted by atomic mass is 10.0. The van der Waals surface area contributed by atoms with Crippen LogP contribution in [0.3, 0.4) is 0 Å². The van der Waals surface area contributed by atoms with Crippen LogP contribution in [0, 0.1) is 11.3 Å². The molecule has 1 aliphatic rings. The lowest BCUT2D eigenvalue weighted by Crippen LogP contribution is -2.14. The van der Waals surface area contributed by atoms with Crippen LogP contribution in [0.2, 0.25) is 0 Å². The molecule has 3 rings (SSSR count). The number of aromatic nitrogens is 2. The standard InChI is InChI=1S/C15H16N4O2/c1-20-11-4-5-12-13(3-2-6-21-14(12)7-11)19-15(17)10(8-16)9-18-19/h4-5,7,9,13H,2-3,6,17H2,1H3. The van der Waals surface area contributed by atoms with Gasteiger partial charge in [-0.2, -0.15) is 10.4 Å². The molecule has 6 heteroatoms. The Morgan fingerprint density at radius 1 is 1.52 bits per heavy atom. The van der Waals surface area contributed by atoms with Crippen LogP contribution < -0.4 is 15.2 Å². The van der Waals surface area contributed by atoms with Gasteiger partial charge >= 0.3 is 0 Å². The van der Waals surface area contributed by atoms with Gasteiger partial charge in [0, 0.05) is 11.6 Å². The first kappa shape index (κ1) is 13.3. The Balaban J connectivity index is 2.08. The van der Waals surface area contributed by atoms with Gasteiger partial charge in [-0.25, -0.2) is 4.68 Å². The van der Waals surface area contributed by atoms with E-state index in [1.807, 2.05) is 18.2 Å². The normalized spacial score (nSPS) is 17.2. The van der Waals surface area contributed by atoms with Crippen molar-refractivity contribution in [2.75, 3.05) is 19.5 Å². The van der Waals surface area contributed by atoms with Crippen LogP contribution >= 0.6 is 0 Å². The molecular weight excluding hydrogens is 268 g/mol. The highest BCUT2D eigenvalue weighted by Crippen LogP contribution is 2.37. The maximum absolute atomic E-state index is 9.02. The molecule has 0 fully saturated rings. The number of nitrogens with zero attached hydrogens (tertiary/aromatic N) is 3. The Morgan fingerprint density at radius 2 is 2.38 bits per heavy atom. The Hall–Kier alpha value is -2.68. The second-order valence-electron chi connectivity index (χ2n) is 4.91. The molecule has 0 saturated carbocycles. The van der Waals surface area contributed by atoms with Gasteiger partial charge in [-0.1, -0.05) is 0 Å². The van der Waals surface area contributed by atoms with Gasteiger partial charge in [-0.3, -0.25) is 0 Å². The molecule has 2 heterocycles. The van der Waals surface area contributed by atoms with Gasteiger partial charge in [0.2, 0.25) is 0 Å². The molecule has 0 spiro atoms. The number of fused-ring (bicyclic) bond motifs is 1. The van der Waals surface area contributed by atoms with Gasteiger partial charge < -0.3 is 15.2 Å². The van der Waals surface area contributed by atoms with Crippen molar-refractivity contribution in [3.8, 4) is 17.6 Å². The van der Waals surface area contributed by atoms with Crippen molar-refractivity contribution in [2.24, 2.45) is 0 Å². The summed E-state index contributed by atoms with van der Waals surface area (Å²) in [5, 5.41) is 13.3. The predicted molar refractivity (Wildman–Crippen MR) is 77.2 cm³/mol. The largest absolute Gasteiger partial charge is 0.497 e. The number of ether oxygens (including phenoxy) is 2. The van der Waals surface area contributed by atoms with Crippen molar-refractivity contribution in [2.45, 2.75) is 18.9 Å². The first-order chi connectivity index (χ1) is 10.2. The second-order valence-corrected chi connectivity index (χ2v) is 4.91. The van der Waals surface area contributed by atoms with Gasteiger partial charge in [0.05, 0.1) is 26.0 Å². The van der Waals surface area contributed by atoms with Gasteiger partial charge in [0.1, 0.15) is 28.9 Å². The highest BCUT2D eigenvalue weighted by molar-refractivity contribution is 5.50. The minimum Gasteiger partial charge on any atom is -0.497 e. The zero-order chi connectivity index (χ0) is 14.8. The van der Waals surface area contributed by atoms with Gasteiger partial charge in [-0.05, 0) is 25.0 Å². The molecule has 1 aromatic heterocycles. The summed E-state index contributed by atoms with van der Waals surface area (Å²) in [5.74, 6) is 1.93. The van der Waals surface area contributed by atoms with E-state index < -0.39 is 0 Å². The number of hydrogen-bond acceptors (Lipinski definition) is 5. The zero-order valence-corrected chi connectivity index (χ0v) is 11.7. The molecule has 0 amide bonds. The third-order valence-corrected chi connectivity index (χ3v) is 3.71. The molecule has 1 aliphatic heterocycles.